The zero-order valence-electron chi connectivity index (χ0n) is 12.3. The van der Waals surface area contributed by atoms with Gasteiger partial charge in [0.15, 0.2) is 0 Å². The normalized spacial score (nSPS) is 14.7. The molecule has 7 heteroatoms. The van der Waals surface area contributed by atoms with Gasteiger partial charge in [-0.3, -0.25) is 4.79 Å². The third-order valence-corrected chi connectivity index (χ3v) is 3.45. The molecule has 0 aromatic carbocycles. The average Bonchev–Trinajstić information content (AvgIpc) is 2.47. The van der Waals surface area contributed by atoms with Gasteiger partial charge in [0.25, 0.3) is 0 Å². The molecule has 0 atom stereocenters. The zero-order chi connectivity index (χ0) is 15.4. The Morgan fingerprint density at radius 3 is 2.67 bits per heavy atom. The minimum atomic E-state index is 0.0805. The van der Waals surface area contributed by atoms with Crippen LogP contribution < -0.4 is 15.4 Å². The number of rotatable bonds is 3. The Labute approximate surface area is 123 Å². The lowest BCUT2D eigenvalue weighted by atomic mass is 10.2. The maximum atomic E-state index is 11.3. The van der Waals surface area contributed by atoms with Crippen molar-refractivity contribution in [3.05, 3.63) is 11.6 Å². The van der Waals surface area contributed by atoms with E-state index < -0.39 is 0 Å². The topological polar surface area (TPSA) is 95.5 Å². The Morgan fingerprint density at radius 1 is 1.48 bits per heavy atom. The highest BCUT2D eigenvalue weighted by atomic mass is 16.5. The number of nitrogens with zero attached hydrogens (tertiary/aromatic N) is 4. The van der Waals surface area contributed by atoms with Crippen molar-refractivity contribution < 1.29 is 9.53 Å². The summed E-state index contributed by atoms with van der Waals surface area (Å²) in [6.45, 7) is 6.50. The van der Waals surface area contributed by atoms with Gasteiger partial charge in [-0.2, -0.15) is 10.2 Å². The van der Waals surface area contributed by atoms with Crippen molar-refractivity contribution in [2.24, 2.45) is 0 Å². The summed E-state index contributed by atoms with van der Waals surface area (Å²) in [7, 11) is 0. The molecule has 1 aliphatic heterocycles. The van der Waals surface area contributed by atoms with Crippen molar-refractivity contribution in [1.29, 1.82) is 5.26 Å². The van der Waals surface area contributed by atoms with E-state index >= 15 is 0 Å². The lowest BCUT2D eigenvalue weighted by Gasteiger charge is -2.35. The molecule has 1 amide bonds. The molecule has 1 saturated heterocycles. The summed E-state index contributed by atoms with van der Waals surface area (Å²) in [5.41, 5.74) is 6.54. The number of nitriles is 1. The number of nitrogens with two attached hydrogens (primary N) is 1. The number of aromatic nitrogens is 1. The van der Waals surface area contributed by atoms with E-state index in [0.29, 0.717) is 44.3 Å². The van der Waals surface area contributed by atoms with E-state index in [1.54, 1.807) is 17.9 Å². The lowest BCUT2D eigenvalue weighted by molar-refractivity contribution is -0.129. The number of hydrogen-bond donors (Lipinski definition) is 1. The second-order valence-electron chi connectivity index (χ2n) is 4.79. The summed E-state index contributed by atoms with van der Waals surface area (Å²) in [6, 6.07) is 3.70. The number of hydrogen-bond acceptors (Lipinski definition) is 6. The largest absolute Gasteiger partial charge is 0.477 e. The monoisotopic (exact) mass is 289 g/mol. The van der Waals surface area contributed by atoms with Crippen LogP contribution in [0.25, 0.3) is 0 Å². The molecule has 112 valence electrons. The molecule has 0 radical (unpaired) electrons. The van der Waals surface area contributed by atoms with E-state index in [-0.39, 0.29) is 17.4 Å². The molecule has 1 fully saturated rings. The number of carbonyl (C=O) groups is 1. The molecule has 1 aromatic heterocycles. The fourth-order valence-corrected chi connectivity index (χ4v) is 2.29. The maximum Gasteiger partial charge on any atom is 0.235 e. The Kier molecular flexibility index (Phi) is 4.48. The fraction of sp³-hybridized carbons (Fsp3) is 0.500. The number of nitrogen functional groups attached to an aromatic ring is 1. The molecular formula is C14H19N5O2. The highest BCUT2D eigenvalue weighted by Gasteiger charge is 2.21. The summed E-state index contributed by atoms with van der Waals surface area (Å²) in [5, 5.41) is 9.12. The third kappa shape index (κ3) is 3.16. The standard InChI is InChI=1S/C14H19N5O2/c1-3-21-14-11(9-15)12(16)8-13(17-14)19-6-4-18(5-7-19)10(2)20/h8H,3-7H2,1-2H3,(H2,16,17). The molecule has 7 nitrogen and oxygen atoms in total. The average molecular weight is 289 g/mol. The Balaban J connectivity index is 2.21. The number of ether oxygens (including phenoxy) is 1. The Bertz CT molecular complexity index is 573. The predicted molar refractivity (Wildman–Crippen MR) is 79.0 cm³/mol. The van der Waals surface area contributed by atoms with Crippen LogP contribution >= 0.6 is 0 Å². The molecule has 0 aliphatic carbocycles. The minimum absolute atomic E-state index is 0.0805. The van der Waals surface area contributed by atoms with Crippen LogP contribution in [0.15, 0.2) is 6.07 Å². The Hall–Kier alpha value is -2.49. The number of carbonyl (C=O) groups excluding carboxylic acids is 1. The number of amides is 1. The van der Waals surface area contributed by atoms with Crippen LogP contribution in [0.1, 0.15) is 19.4 Å². The second kappa shape index (κ2) is 6.31. The molecule has 21 heavy (non-hydrogen) atoms. The second-order valence-corrected chi connectivity index (χ2v) is 4.79. The van der Waals surface area contributed by atoms with E-state index in [2.05, 4.69) is 4.98 Å². The molecule has 0 bridgehead atoms. The van der Waals surface area contributed by atoms with Gasteiger partial charge in [0.05, 0.1) is 12.3 Å². The maximum absolute atomic E-state index is 11.3. The highest BCUT2D eigenvalue weighted by molar-refractivity contribution is 5.73. The van der Waals surface area contributed by atoms with E-state index in [1.165, 1.54) is 0 Å². The lowest BCUT2D eigenvalue weighted by Crippen LogP contribution is -2.48. The van der Waals surface area contributed by atoms with Gasteiger partial charge in [0.1, 0.15) is 17.5 Å². The van der Waals surface area contributed by atoms with Gasteiger partial charge in [-0.25, -0.2) is 0 Å². The molecular weight excluding hydrogens is 270 g/mol. The molecule has 0 unspecified atom stereocenters. The first-order valence-corrected chi connectivity index (χ1v) is 6.90. The summed E-state index contributed by atoms with van der Waals surface area (Å²) >= 11 is 0. The summed E-state index contributed by atoms with van der Waals surface area (Å²) in [5.74, 6) is 1.03. The van der Waals surface area contributed by atoms with Gasteiger partial charge in [-0.15, -0.1) is 0 Å². The minimum Gasteiger partial charge on any atom is -0.477 e. The number of piperazine rings is 1. The summed E-state index contributed by atoms with van der Waals surface area (Å²) in [6.07, 6.45) is 0. The summed E-state index contributed by atoms with van der Waals surface area (Å²) < 4.78 is 5.39. The zero-order valence-corrected chi connectivity index (χ0v) is 12.3. The van der Waals surface area contributed by atoms with Crippen LogP contribution in [-0.4, -0.2) is 48.6 Å². The summed E-state index contributed by atoms with van der Waals surface area (Å²) in [4.78, 5) is 19.6. The molecule has 1 aromatic rings. The van der Waals surface area contributed by atoms with Crippen LogP contribution in [0.3, 0.4) is 0 Å². The molecule has 0 saturated carbocycles. The highest BCUT2D eigenvalue weighted by Crippen LogP contribution is 2.27. The predicted octanol–water partition coefficient (Wildman–Crippen LogP) is 0.603. The van der Waals surface area contributed by atoms with Crippen LogP contribution in [0.5, 0.6) is 5.88 Å². The molecule has 2 rings (SSSR count). The first kappa shape index (κ1) is 14.9. The Morgan fingerprint density at radius 2 is 2.14 bits per heavy atom. The van der Waals surface area contributed by atoms with Gasteiger partial charge >= 0.3 is 0 Å². The van der Waals surface area contributed by atoms with E-state index in [9.17, 15) is 4.79 Å². The van der Waals surface area contributed by atoms with Crippen LogP contribution in [0, 0.1) is 11.3 Å². The molecule has 2 heterocycles. The smallest absolute Gasteiger partial charge is 0.235 e. The van der Waals surface area contributed by atoms with Crippen LogP contribution in [0.4, 0.5) is 11.5 Å². The van der Waals surface area contributed by atoms with Crippen molar-refractivity contribution in [3.63, 3.8) is 0 Å². The SMILES string of the molecule is CCOc1nc(N2CCN(C(C)=O)CC2)cc(N)c1C#N. The van der Waals surface area contributed by atoms with Crippen LogP contribution in [-0.2, 0) is 4.79 Å². The number of anilines is 2. The van der Waals surface area contributed by atoms with Gasteiger partial charge in [-0.05, 0) is 6.92 Å². The quantitative estimate of drug-likeness (QED) is 0.875. The van der Waals surface area contributed by atoms with E-state index in [4.69, 9.17) is 15.7 Å². The van der Waals surface area contributed by atoms with Crippen molar-refractivity contribution >= 4 is 17.4 Å². The van der Waals surface area contributed by atoms with Gasteiger partial charge < -0.3 is 20.3 Å². The van der Waals surface area contributed by atoms with E-state index in [0.717, 1.165) is 0 Å². The van der Waals surface area contributed by atoms with Gasteiger partial charge in [0.2, 0.25) is 11.8 Å². The fourth-order valence-electron chi connectivity index (χ4n) is 2.29. The van der Waals surface area contributed by atoms with Crippen LogP contribution in [0.2, 0.25) is 0 Å². The molecule has 1 aliphatic rings. The molecule has 2 N–H and O–H groups in total. The van der Waals surface area contributed by atoms with Crippen molar-refractivity contribution in [2.75, 3.05) is 43.4 Å². The third-order valence-electron chi connectivity index (χ3n) is 3.45. The van der Waals surface area contributed by atoms with Gasteiger partial charge in [0, 0.05) is 39.2 Å². The number of pyridine rings is 1. The first-order chi connectivity index (χ1) is 10.1. The van der Waals surface area contributed by atoms with Crippen molar-refractivity contribution in [3.8, 4) is 11.9 Å². The molecule has 0 spiro atoms. The van der Waals surface area contributed by atoms with E-state index in [1.807, 2.05) is 17.9 Å². The first-order valence-electron chi connectivity index (χ1n) is 6.90. The van der Waals surface area contributed by atoms with Crippen molar-refractivity contribution in [2.45, 2.75) is 13.8 Å². The van der Waals surface area contributed by atoms with Gasteiger partial charge in [-0.1, -0.05) is 0 Å². The van der Waals surface area contributed by atoms with Crippen molar-refractivity contribution in [1.82, 2.24) is 9.88 Å².